The number of carbonyl (C=O) groups excluding carboxylic acids is 1. The van der Waals surface area contributed by atoms with E-state index in [0.29, 0.717) is 5.56 Å². The van der Waals surface area contributed by atoms with E-state index in [-0.39, 0.29) is 10.6 Å². The van der Waals surface area contributed by atoms with Crippen molar-refractivity contribution in [3.05, 3.63) is 70.1 Å². The first-order valence-corrected chi connectivity index (χ1v) is 7.90. The summed E-state index contributed by atoms with van der Waals surface area (Å²) in [6, 6.07) is 6.33. The molecule has 1 aromatic heterocycles. The predicted molar refractivity (Wildman–Crippen MR) is 81.1 cm³/mol. The van der Waals surface area contributed by atoms with Crippen molar-refractivity contribution in [3.63, 3.8) is 0 Å². The fourth-order valence-electron chi connectivity index (χ4n) is 1.53. The van der Waals surface area contributed by atoms with E-state index in [2.05, 4.69) is 4.98 Å². The van der Waals surface area contributed by atoms with Gasteiger partial charge in [-0.25, -0.2) is 17.5 Å². The molecule has 0 aliphatic heterocycles. The van der Waals surface area contributed by atoms with Gasteiger partial charge < -0.3 is 0 Å². The second-order valence-corrected chi connectivity index (χ2v) is 6.16. The van der Waals surface area contributed by atoms with E-state index in [1.54, 1.807) is 18.3 Å². The molecule has 0 atom stereocenters. The highest BCUT2D eigenvalue weighted by molar-refractivity contribution is 7.93. The van der Waals surface area contributed by atoms with Crippen LogP contribution in [0.5, 0.6) is 0 Å². The molecule has 114 valence electrons. The summed E-state index contributed by atoms with van der Waals surface area (Å²) in [7, 11) is -4.01. The normalized spacial score (nSPS) is 11.5. The van der Waals surface area contributed by atoms with Crippen molar-refractivity contribution in [2.24, 2.45) is 0 Å². The zero-order chi connectivity index (χ0) is 16.2. The van der Waals surface area contributed by atoms with Crippen LogP contribution >= 0.6 is 11.6 Å². The van der Waals surface area contributed by atoms with Crippen molar-refractivity contribution in [2.75, 3.05) is 0 Å². The van der Waals surface area contributed by atoms with Gasteiger partial charge in [0, 0.05) is 12.4 Å². The van der Waals surface area contributed by atoms with Crippen molar-refractivity contribution >= 4 is 33.6 Å². The maximum Gasteiger partial charge on any atom is 0.266 e. The fourth-order valence-corrected chi connectivity index (χ4v) is 2.56. The Balaban J connectivity index is 2.14. The summed E-state index contributed by atoms with van der Waals surface area (Å²) in [6.07, 6.45) is 4.30. The molecule has 0 aliphatic rings. The molecule has 1 aromatic carbocycles. The summed E-state index contributed by atoms with van der Waals surface area (Å²) in [4.78, 5) is 15.7. The number of rotatable bonds is 4. The minimum absolute atomic E-state index is 0.138. The number of nitrogens with one attached hydrogen (secondary N) is 1. The molecule has 5 nitrogen and oxygen atoms in total. The number of aromatic nitrogens is 1. The molecule has 1 heterocycles. The Morgan fingerprint density at radius 2 is 2.09 bits per heavy atom. The molecule has 0 saturated heterocycles. The van der Waals surface area contributed by atoms with E-state index in [4.69, 9.17) is 11.6 Å². The highest BCUT2D eigenvalue weighted by Gasteiger charge is 2.16. The topological polar surface area (TPSA) is 76.1 Å². The molecule has 0 fully saturated rings. The molecule has 0 bridgehead atoms. The highest BCUT2D eigenvalue weighted by atomic mass is 35.5. The third-order valence-corrected chi connectivity index (χ3v) is 3.81. The number of halogens is 2. The molecular formula is C14H10ClFN2O3S. The second-order valence-electron chi connectivity index (χ2n) is 4.19. The van der Waals surface area contributed by atoms with Crippen LogP contribution in [0.4, 0.5) is 4.39 Å². The lowest BCUT2D eigenvalue weighted by Crippen LogP contribution is -2.29. The number of hydrogen-bond acceptors (Lipinski definition) is 4. The van der Waals surface area contributed by atoms with Gasteiger partial charge in [-0.2, -0.15) is 0 Å². The van der Waals surface area contributed by atoms with Crippen molar-refractivity contribution < 1.29 is 17.6 Å². The van der Waals surface area contributed by atoms with Crippen LogP contribution in [0.25, 0.3) is 6.08 Å². The first-order chi connectivity index (χ1) is 10.4. The Hall–Kier alpha value is -2.25. The number of carbonyl (C=O) groups is 1. The smallest absolute Gasteiger partial charge is 0.266 e. The molecule has 1 N–H and O–H groups in total. The van der Waals surface area contributed by atoms with Crippen molar-refractivity contribution in [1.82, 2.24) is 9.71 Å². The van der Waals surface area contributed by atoms with Crippen LogP contribution in [-0.2, 0) is 10.0 Å². The molecule has 22 heavy (non-hydrogen) atoms. The van der Waals surface area contributed by atoms with Crippen LogP contribution in [0, 0.1) is 5.82 Å². The lowest BCUT2D eigenvalue weighted by atomic mass is 10.2. The summed E-state index contributed by atoms with van der Waals surface area (Å²) < 4.78 is 38.3. The lowest BCUT2D eigenvalue weighted by Gasteiger charge is -2.05. The number of benzene rings is 1. The zero-order valence-corrected chi connectivity index (χ0v) is 12.6. The monoisotopic (exact) mass is 340 g/mol. The molecule has 0 aliphatic carbocycles. The van der Waals surface area contributed by atoms with Crippen molar-refractivity contribution in [3.8, 4) is 0 Å². The molecule has 0 spiro atoms. The van der Waals surface area contributed by atoms with Gasteiger partial charge in [-0.1, -0.05) is 17.7 Å². The summed E-state index contributed by atoms with van der Waals surface area (Å²) >= 11 is 5.70. The largest absolute Gasteiger partial charge is 0.268 e. The van der Waals surface area contributed by atoms with Gasteiger partial charge >= 0.3 is 0 Å². The van der Waals surface area contributed by atoms with Crippen LogP contribution in [0.2, 0.25) is 5.02 Å². The SMILES string of the molecule is O=C(NS(=O)(=O)C=Cc1cccnc1)c1ccc(F)cc1Cl. The summed E-state index contributed by atoms with van der Waals surface area (Å²) in [6.45, 7) is 0. The number of amides is 1. The van der Waals surface area contributed by atoms with Gasteiger partial charge in [0.2, 0.25) is 0 Å². The Morgan fingerprint density at radius 1 is 1.32 bits per heavy atom. The zero-order valence-electron chi connectivity index (χ0n) is 11.0. The number of pyridine rings is 1. The third kappa shape index (κ3) is 4.37. The minimum Gasteiger partial charge on any atom is -0.268 e. The second kappa shape index (κ2) is 6.67. The Kier molecular flexibility index (Phi) is 4.89. The summed E-state index contributed by atoms with van der Waals surface area (Å²) in [5.74, 6) is -1.57. The van der Waals surface area contributed by atoms with Gasteiger partial charge in [0.1, 0.15) is 5.82 Å². The van der Waals surface area contributed by atoms with E-state index >= 15 is 0 Å². The number of sulfonamides is 1. The minimum atomic E-state index is -4.01. The average Bonchev–Trinajstić information content (AvgIpc) is 2.45. The maximum absolute atomic E-state index is 12.9. The van der Waals surface area contributed by atoms with Crippen LogP contribution < -0.4 is 4.72 Å². The van der Waals surface area contributed by atoms with Gasteiger partial charge in [0.15, 0.2) is 0 Å². The average molecular weight is 341 g/mol. The molecule has 8 heteroatoms. The summed E-state index contributed by atoms with van der Waals surface area (Å²) in [5.41, 5.74) is 0.418. The molecule has 1 amide bonds. The maximum atomic E-state index is 12.9. The fraction of sp³-hybridized carbons (Fsp3) is 0. The van der Waals surface area contributed by atoms with Gasteiger partial charge in [-0.3, -0.25) is 9.78 Å². The third-order valence-electron chi connectivity index (χ3n) is 2.53. The van der Waals surface area contributed by atoms with E-state index in [1.807, 2.05) is 4.72 Å². The van der Waals surface area contributed by atoms with E-state index in [9.17, 15) is 17.6 Å². The Morgan fingerprint density at radius 3 is 2.73 bits per heavy atom. The predicted octanol–water partition coefficient (Wildman–Crippen LogP) is 2.60. The van der Waals surface area contributed by atoms with Gasteiger partial charge in [-0.05, 0) is 35.9 Å². The number of hydrogen-bond donors (Lipinski definition) is 1. The van der Waals surface area contributed by atoms with Crippen LogP contribution in [0.3, 0.4) is 0 Å². The molecule has 2 aromatic rings. The number of nitrogens with zero attached hydrogens (tertiary/aromatic N) is 1. The van der Waals surface area contributed by atoms with Crippen LogP contribution in [0.1, 0.15) is 15.9 Å². The first kappa shape index (κ1) is 16.1. The molecule has 2 rings (SSSR count). The van der Waals surface area contributed by atoms with Crippen molar-refractivity contribution in [1.29, 1.82) is 0 Å². The van der Waals surface area contributed by atoms with Crippen molar-refractivity contribution in [2.45, 2.75) is 0 Å². The molecular weight excluding hydrogens is 331 g/mol. The van der Waals surface area contributed by atoms with E-state index in [0.717, 1.165) is 23.6 Å². The quantitative estimate of drug-likeness (QED) is 0.928. The standard InChI is InChI=1S/C14H10ClFN2O3S/c15-13-8-11(16)3-4-12(13)14(19)18-22(20,21)7-5-10-2-1-6-17-9-10/h1-9H,(H,18,19). The molecule has 0 unspecified atom stereocenters. The van der Waals surface area contributed by atoms with Crippen LogP contribution in [0.15, 0.2) is 48.1 Å². The van der Waals surface area contributed by atoms with E-state index in [1.165, 1.54) is 12.3 Å². The van der Waals surface area contributed by atoms with E-state index < -0.39 is 21.7 Å². The first-order valence-electron chi connectivity index (χ1n) is 5.98. The van der Waals surface area contributed by atoms with Gasteiger partial charge in [-0.15, -0.1) is 0 Å². The molecule has 0 radical (unpaired) electrons. The highest BCUT2D eigenvalue weighted by Crippen LogP contribution is 2.17. The van der Waals surface area contributed by atoms with Gasteiger partial charge in [0.05, 0.1) is 16.0 Å². The van der Waals surface area contributed by atoms with Crippen LogP contribution in [-0.4, -0.2) is 19.3 Å². The Bertz CT molecular complexity index is 823. The lowest BCUT2D eigenvalue weighted by molar-refractivity contribution is 0.0982. The van der Waals surface area contributed by atoms with Gasteiger partial charge in [0.25, 0.3) is 15.9 Å². The summed E-state index contributed by atoms with van der Waals surface area (Å²) in [5, 5.41) is 0.656. The molecule has 0 saturated carbocycles. The Labute approximate surface area is 131 Å².